The van der Waals surface area contributed by atoms with Crippen molar-refractivity contribution in [2.75, 3.05) is 0 Å². The molecule has 0 heterocycles. The Morgan fingerprint density at radius 1 is 1.17 bits per heavy atom. The molecule has 1 aromatic rings. The molecule has 0 radical (unpaired) electrons. The number of aliphatic hydroxyl groups is 1. The zero-order valence-corrected chi connectivity index (χ0v) is 7.54. The summed E-state index contributed by atoms with van der Waals surface area (Å²) in [5.74, 6) is 0. The van der Waals surface area contributed by atoms with Gasteiger partial charge in [0.1, 0.15) is 0 Å². The Bertz CT molecular complexity index is 289. The van der Waals surface area contributed by atoms with Crippen LogP contribution in [-0.4, -0.2) is 10.7 Å². The molecule has 1 aliphatic rings. The molecule has 1 heteroatoms. The van der Waals surface area contributed by atoms with Gasteiger partial charge in [0.25, 0.3) is 0 Å². The molecule has 0 bridgehead atoms. The van der Waals surface area contributed by atoms with Crippen LogP contribution in [0.2, 0.25) is 0 Å². The third kappa shape index (κ3) is 0.896. The zero-order chi connectivity index (χ0) is 8.82. The minimum absolute atomic E-state index is 0.00569. The van der Waals surface area contributed by atoms with E-state index in [2.05, 4.69) is 19.1 Å². The Hall–Kier alpha value is -0.820. The van der Waals surface area contributed by atoms with E-state index in [0.717, 1.165) is 6.42 Å². The summed E-state index contributed by atoms with van der Waals surface area (Å²) < 4.78 is 0. The highest BCUT2D eigenvalue weighted by Gasteiger charge is 2.60. The van der Waals surface area contributed by atoms with Gasteiger partial charge in [-0.3, -0.25) is 0 Å². The normalized spacial score (nSPS) is 39.6. The predicted molar refractivity (Wildman–Crippen MR) is 49.0 cm³/mol. The number of benzene rings is 1. The molecule has 0 aromatic heterocycles. The lowest BCUT2D eigenvalue weighted by Crippen LogP contribution is -2.16. The number of rotatable bonds is 1. The van der Waals surface area contributed by atoms with Crippen molar-refractivity contribution in [3.05, 3.63) is 35.9 Å². The summed E-state index contributed by atoms with van der Waals surface area (Å²) in [5, 5.41) is 9.80. The minimum Gasteiger partial charge on any atom is -0.389 e. The lowest BCUT2D eigenvalue weighted by Gasteiger charge is -2.13. The lowest BCUT2D eigenvalue weighted by atomic mass is 9.95. The number of hydrogen-bond donors (Lipinski definition) is 1. The second-order valence-electron chi connectivity index (χ2n) is 4.15. The van der Waals surface area contributed by atoms with Crippen LogP contribution in [0.1, 0.15) is 25.8 Å². The molecule has 0 aliphatic heterocycles. The molecule has 64 valence electrons. The van der Waals surface area contributed by atoms with E-state index >= 15 is 0 Å². The van der Waals surface area contributed by atoms with Crippen LogP contribution in [0.25, 0.3) is 0 Å². The smallest absolute Gasteiger partial charge is 0.0723 e. The van der Waals surface area contributed by atoms with Gasteiger partial charge < -0.3 is 5.11 Å². The van der Waals surface area contributed by atoms with Gasteiger partial charge in [-0.25, -0.2) is 0 Å². The molecule has 1 nitrogen and oxygen atoms in total. The summed E-state index contributed by atoms with van der Waals surface area (Å²) in [5.41, 5.74) is 0.748. The van der Waals surface area contributed by atoms with E-state index in [0.29, 0.717) is 0 Å². The molecule has 1 fully saturated rings. The first-order valence-corrected chi connectivity index (χ1v) is 4.34. The van der Waals surface area contributed by atoms with Crippen LogP contribution in [-0.2, 0) is 5.41 Å². The lowest BCUT2D eigenvalue weighted by molar-refractivity contribution is 0.145. The van der Waals surface area contributed by atoms with Crippen molar-refractivity contribution in [1.29, 1.82) is 0 Å². The SMILES string of the molecule is CC1(O)CC1(C)c1ccccc1. The van der Waals surface area contributed by atoms with Crippen LogP contribution < -0.4 is 0 Å². The third-order valence-corrected chi connectivity index (χ3v) is 3.17. The van der Waals surface area contributed by atoms with Gasteiger partial charge in [0.2, 0.25) is 0 Å². The van der Waals surface area contributed by atoms with E-state index < -0.39 is 5.60 Å². The highest BCUT2D eigenvalue weighted by Crippen LogP contribution is 2.56. The van der Waals surface area contributed by atoms with Crippen LogP contribution in [0.15, 0.2) is 30.3 Å². The van der Waals surface area contributed by atoms with Gasteiger partial charge in [0.05, 0.1) is 5.60 Å². The van der Waals surface area contributed by atoms with Gasteiger partial charge in [0, 0.05) is 5.41 Å². The van der Waals surface area contributed by atoms with Crippen LogP contribution in [0, 0.1) is 0 Å². The van der Waals surface area contributed by atoms with Gasteiger partial charge in [-0.1, -0.05) is 37.3 Å². The summed E-state index contributed by atoms with van der Waals surface area (Å²) in [6, 6.07) is 10.2. The maximum atomic E-state index is 9.80. The fourth-order valence-electron chi connectivity index (χ4n) is 1.86. The molecule has 1 aromatic carbocycles. The maximum absolute atomic E-state index is 9.80. The average molecular weight is 162 g/mol. The topological polar surface area (TPSA) is 20.2 Å². The van der Waals surface area contributed by atoms with Gasteiger partial charge in [-0.05, 0) is 18.9 Å². The third-order valence-electron chi connectivity index (χ3n) is 3.17. The second-order valence-corrected chi connectivity index (χ2v) is 4.15. The summed E-state index contributed by atoms with van der Waals surface area (Å²) in [7, 11) is 0. The zero-order valence-electron chi connectivity index (χ0n) is 7.54. The summed E-state index contributed by atoms with van der Waals surface area (Å²) in [6.45, 7) is 4.02. The van der Waals surface area contributed by atoms with Gasteiger partial charge in [0.15, 0.2) is 0 Å². The Kier molecular flexibility index (Phi) is 1.37. The van der Waals surface area contributed by atoms with Gasteiger partial charge >= 0.3 is 0 Å². The molecule has 12 heavy (non-hydrogen) atoms. The Balaban J connectivity index is 2.35. The van der Waals surface area contributed by atoms with Crippen LogP contribution >= 0.6 is 0 Å². The average Bonchev–Trinajstić information content (AvgIpc) is 2.55. The first-order chi connectivity index (χ1) is 5.56. The Morgan fingerprint density at radius 2 is 1.67 bits per heavy atom. The van der Waals surface area contributed by atoms with E-state index in [4.69, 9.17) is 0 Å². The highest BCUT2D eigenvalue weighted by molar-refractivity contribution is 5.37. The van der Waals surface area contributed by atoms with E-state index in [-0.39, 0.29) is 5.41 Å². The summed E-state index contributed by atoms with van der Waals surface area (Å²) in [4.78, 5) is 0. The molecule has 2 rings (SSSR count). The molecule has 0 spiro atoms. The van der Waals surface area contributed by atoms with Crippen molar-refractivity contribution in [1.82, 2.24) is 0 Å². The molecule has 1 N–H and O–H groups in total. The van der Waals surface area contributed by atoms with Crippen LogP contribution in [0.5, 0.6) is 0 Å². The molecule has 1 aliphatic carbocycles. The van der Waals surface area contributed by atoms with Crippen molar-refractivity contribution in [2.45, 2.75) is 31.3 Å². The molecule has 1 saturated carbocycles. The van der Waals surface area contributed by atoms with E-state index in [1.165, 1.54) is 5.56 Å². The summed E-state index contributed by atoms with van der Waals surface area (Å²) in [6.07, 6.45) is 0.879. The van der Waals surface area contributed by atoms with Crippen molar-refractivity contribution in [2.24, 2.45) is 0 Å². The molecule has 0 saturated heterocycles. The molecular formula is C11H14O. The largest absolute Gasteiger partial charge is 0.389 e. The van der Waals surface area contributed by atoms with E-state index in [1.54, 1.807) is 0 Å². The van der Waals surface area contributed by atoms with Crippen molar-refractivity contribution < 1.29 is 5.11 Å². The first kappa shape index (κ1) is 7.81. The van der Waals surface area contributed by atoms with Gasteiger partial charge in [-0.2, -0.15) is 0 Å². The van der Waals surface area contributed by atoms with E-state index in [1.807, 2.05) is 25.1 Å². The van der Waals surface area contributed by atoms with E-state index in [9.17, 15) is 5.11 Å². The Morgan fingerprint density at radius 3 is 2.08 bits per heavy atom. The monoisotopic (exact) mass is 162 g/mol. The van der Waals surface area contributed by atoms with Crippen molar-refractivity contribution in [3.63, 3.8) is 0 Å². The predicted octanol–water partition coefficient (Wildman–Crippen LogP) is 2.10. The molecule has 2 atom stereocenters. The van der Waals surface area contributed by atoms with Crippen LogP contribution in [0.3, 0.4) is 0 Å². The van der Waals surface area contributed by atoms with Crippen LogP contribution in [0.4, 0.5) is 0 Å². The Labute approximate surface area is 73.0 Å². The highest BCUT2D eigenvalue weighted by atomic mass is 16.3. The molecule has 2 unspecified atom stereocenters. The van der Waals surface area contributed by atoms with Crippen molar-refractivity contribution >= 4 is 0 Å². The first-order valence-electron chi connectivity index (χ1n) is 4.34. The molecule has 0 amide bonds. The minimum atomic E-state index is -0.492. The summed E-state index contributed by atoms with van der Waals surface area (Å²) >= 11 is 0. The fourth-order valence-corrected chi connectivity index (χ4v) is 1.86. The second kappa shape index (κ2) is 2.11. The fraction of sp³-hybridized carbons (Fsp3) is 0.455. The molecular weight excluding hydrogens is 148 g/mol. The number of hydrogen-bond acceptors (Lipinski definition) is 1. The maximum Gasteiger partial charge on any atom is 0.0723 e. The standard InChI is InChI=1S/C11H14O/c1-10(8-11(10,2)12)9-6-4-3-5-7-9/h3-7,12H,8H2,1-2H3. The van der Waals surface area contributed by atoms with Gasteiger partial charge in [-0.15, -0.1) is 0 Å². The quantitative estimate of drug-likeness (QED) is 0.670. The van der Waals surface area contributed by atoms with Crippen molar-refractivity contribution in [3.8, 4) is 0 Å².